The van der Waals surface area contributed by atoms with Gasteiger partial charge in [-0.25, -0.2) is 4.79 Å². The molecule has 0 aliphatic carbocycles. The highest BCUT2D eigenvalue weighted by Crippen LogP contribution is 2.34. The molecule has 19 heavy (non-hydrogen) atoms. The zero-order valence-electron chi connectivity index (χ0n) is 9.88. The Kier molecular flexibility index (Phi) is 3.84. The molecule has 0 fully saturated rings. The third-order valence-corrected chi connectivity index (χ3v) is 3.27. The number of aryl methyl sites for hydroxylation is 1. The highest BCUT2D eigenvalue weighted by molar-refractivity contribution is 7.99. The van der Waals surface area contributed by atoms with E-state index in [-0.39, 0.29) is 5.69 Å². The summed E-state index contributed by atoms with van der Waals surface area (Å²) in [4.78, 5) is 11.2. The van der Waals surface area contributed by atoms with E-state index in [9.17, 15) is 13.6 Å². The molecule has 2 aromatic rings. The van der Waals surface area contributed by atoms with Crippen molar-refractivity contribution in [3.8, 4) is 11.3 Å². The normalized spacial score (nSPS) is 10.9. The van der Waals surface area contributed by atoms with Crippen molar-refractivity contribution < 1.29 is 18.7 Å². The second kappa shape index (κ2) is 5.40. The van der Waals surface area contributed by atoms with Crippen LogP contribution in [0.1, 0.15) is 10.5 Å². The second-order valence-corrected chi connectivity index (χ2v) is 4.75. The lowest BCUT2D eigenvalue weighted by atomic mass is 10.1. The lowest BCUT2D eigenvalue weighted by molar-refractivity contribution is 0.0689. The van der Waals surface area contributed by atoms with Crippen LogP contribution in [0, 0.1) is 0 Å². The number of hydrogen-bond acceptors (Lipinski definition) is 3. The maximum atomic E-state index is 12.5. The van der Waals surface area contributed by atoms with Crippen molar-refractivity contribution in [2.45, 2.75) is 10.7 Å². The van der Waals surface area contributed by atoms with Gasteiger partial charge in [-0.05, 0) is 12.1 Å². The van der Waals surface area contributed by atoms with Gasteiger partial charge in [0.2, 0.25) is 0 Å². The molecule has 0 aliphatic heterocycles. The SMILES string of the molecule is Cn1nc(C(=O)O)cc1-c1ccccc1SC(F)F. The Morgan fingerprint density at radius 2 is 2.11 bits per heavy atom. The van der Waals surface area contributed by atoms with Crippen LogP contribution in [0.4, 0.5) is 8.78 Å². The second-order valence-electron chi connectivity index (χ2n) is 3.72. The molecule has 1 heterocycles. The minimum atomic E-state index is -2.53. The van der Waals surface area contributed by atoms with E-state index in [0.29, 0.717) is 27.9 Å². The summed E-state index contributed by atoms with van der Waals surface area (Å²) < 4.78 is 26.4. The fourth-order valence-corrected chi connectivity index (χ4v) is 2.35. The number of benzene rings is 1. The van der Waals surface area contributed by atoms with Gasteiger partial charge < -0.3 is 5.11 Å². The van der Waals surface area contributed by atoms with Crippen molar-refractivity contribution in [3.63, 3.8) is 0 Å². The molecule has 7 heteroatoms. The average molecular weight is 284 g/mol. The molecule has 0 saturated carbocycles. The van der Waals surface area contributed by atoms with E-state index < -0.39 is 11.7 Å². The van der Waals surface area contributed by atoms with Gasteiger partial charge >= 0.3 is 5.97 Å². The molecule has 0 saturated heterocycles. The highest BCUT2D eigenvalue weighted by Gasteiger charge is 2.16. The van der Waals surface area contributed by atoms with Crippen molar-refractivity contribution in [2.75, 3.05) is 0 Å². The third kappa shape index (κ3) is 2.93. The van der Waals surface area contributed by atoms with Crippen molar-refractivity contribution >= 4 is 17.7 Å². The number of aromatic carboxylic acids is 1. The van der Waals surface area contributed by atoms with Crippen LogP contribution in [0.3, 0.4) is 0 Å². The molecule has 0 aliphatic rings. The number of halogens is 2. The minimum absolute atomic E-state index is 0.116. The fraction of sp³-hybridized carbons (Fsp3) is 0.167. The minimum Gasteiger partial charge on any atom is -0.476 e. The Morgan fingerprint density at radius 3 is 2.68 bits per heavy atom. The lowest BCUT2D eigenvalue weighted by Crippen LogP contribution is -1.99. The topological polar surface area (TPSA) is 55.1 Å². The molecule has 1 aromatic heterocycles. The van der Waals surface area contributed by atoms with Gasteiger partial charge in [-0.2, -0.15) is 13.9 Å². The molecule has 0 bridgehead atoms. The predicted molar refractivity (Wildman–Crippen MR) is 67.5 cm³/mol. The van der Waals surface area contributed by atoms with Crippen LogP contribution in [-0.4, -0.2) is 26.6 Å². The van der Waals surface area contributed by atoms with Crippen LogP contribution in [-0.2, 0) is 7.05 Å². The van der Waals surface area contributed by atoms with E-state index in [1.807, 2.05) is 0 Å². The number of alkyl halides is 2. The summed E-state index contributed by atoms with van der Waals surface area (Å²) in [7, 11) is 1.57. The summed E-state index contributed by atoms with van der Waals surface area (Å²) in [5, 5.41) is 12.7. The average Bonchev–Trinajstić information content (AvgIpc) is 2.71. The molecule has 0 radical (unpaired) electrons. The number of nitrogens with zero attached hydrogens (tertiary/aromatic N) is 2. The van der Waals surface area contributed by atoms with Gasteiger partial charge in [0, 0.05) is 17.5 Å². The number of carboxylic acid groups (broad SMARTS) is 1. The van der Waals surface area contributed by atoms with E-state index in [4.69, 9.17) is 5.11 Å². The monoisotopic (exact) mass is 284 g/mol. The molecule has 1 aromatic carbocycles. The first kappa shape index (κ1) is 13.5. The van der Waals surface area contributed by atoms with Crippen molar-refractivity contribution in [3.05, 3.63) is 36.0 Å². The molecule has 0 amide bonds. The third-order valence-electron chi connectivity index (χ3n) is 2.48. The van der Waals surface area contributed by atoms with Gasteiger partial charge in [-0.1, -0.05) is 30.0 Å². The van der Waals surface area contributed by atoms with Crippen LogP contribution >= 0.6 is 11.8 Å². The Bertz CT molecular complexity index is 614. The number of rotatable bonds is 4. The van der Waals surface area contributed by atoms with E-state index in [0.717, 1.165) is 0 Å². The zero-order chi connectivity index (χ0) is 14.0. The number of hydrogen-bond donors (Lipinski definition) is 1. The van der Waals surface area contributed by atoms with Gasteiger partial charge in [-0.3, -0.25) is 4.68 Å². The summed E-state index contributed by atoms with van der Waals surface area (Å²) in [6, 6.07) is 7.96. The van der Waals surface area contributed by atoms with Gasteiger partial charge in [0.25, 0.3) is 5.76 Å². The number of aromatic nitrogens is 2. The molecule has 100 valence electrons. The summed E-state index contributed by atoms with van der Waals surface area (Å²) >= 11 is 0.424. The van der Waals surface area contributed by atoms with Gasteiger partial charge in [0.15, 0.2) is 5.69 Å². The molecule has 2 rings (SSSR count). The number of carboxylic acids is 1. The van der Waals surface area contributed by atoms with E-state index >= 15 is 0 Å². The standard InChI is InChI=1S/C12H10F2N2O2S/c1-16-9(6-8(15-16)11(17)18)7-4-2-3-5-10(7)19-12(13)14/h2-6,12H,1H3,(H,17,18). The summed E-state index contributed by atoms with van der Waals surface area (Å²) in [6.07, 6.45) is 0. The van der Waals surface area contributed by atoms with Crippen LogP contribution in [0.25, 0.3) is 11.3 Å². The Morgan fingerprint density at radius 1 is 1.42 bits per heavy atom. The van der Waals surface area contributed by atoms with E-state index in [1.165, 1.54) is 10.7 Å². The van der Waals surface area contributed by atoms with Crippen molar-refractivity contribution in [1.82, 2.24) is 9.78 Å². The van der Waals surface area contributed by atoms with Crippen molar-refractivity contribution in [2.24, 2.45) is 7.05 Å². The molecular weight excluding hydrogens is 274 g/mol. The summed E-state index contributed by atoms with van der Waals surface area (Å²) in [6.45, 7) is 0. The maximum absolute atomic E-state index is 12.5. The van der Waals surface area contributed by atoms with E-state index in [1.54, 1.807) is 31.3 Å². The highest BCUT2D eigenvalue weighted by atomic mass is 32.2. The molecule has 0 atom stereocenters. The van der Waals surface area contributed by atoms with Crippen LogP contribution in [0.15, 0.2) is 35.2 Å². The van der Waals surface area contributed by atoms with Crippen LogP contribution in [0.2, 0.25) is 0 Å². The summed E-state index contributed by atoms with van der Waals surface area (Å²) in [5.74, 6) is -3.69. The van der Waals surface area contributed by atoms with Crippen LogP contribution < -0.4 is 0 Å². The predicted octanol–water partition coefficient (Wildman–Crippen LogP) is 3.10. The zero-order valence-corrected chi connectivity index (χ0v) is 10.7. The first-order valence-corrected chi connectivity index (χ1v) is 6.18. The molecule has 4 nitrogen and oxygen atoms in total. The Labute approximate surface area is 112 Å². The van der Waals surface area contributed by atoms with Gasteiger partial charge in [-0.15, -0.1) is 0 Å². The molecule has 1 N–H and O–H groups in total. The fourth-order valence-electron chi connectivity index (χ4n) is 1.70. The van der Waals surface area contributed by atoms with Gasteiger partial charge in [0.1, 0.15) is 0 Å². The molecule has 0 unspecified atom stereocenters. The maximum Gasteiger partial charge on any atom is 0.356 e. The number of carbonyl (C=O) groups is 1. The first-order valence-electron chi connectivity index (χ1n) is 5.30. The van der Waals surface area contributed by atoms with E-state index in [2.05, 4.69) is 5.10 Å². The number of thioether (sulfide) groups is 1. The van der Waals surface area contributed by atoms with Crippen molar-refractivity contribution in [1.29, 1.82) is 0 Å². The molecular formula is C12H10F2N2O2S. The molecule has 0 spiro atoms. The smallest absolute Gasteiger partial charge is 0.356 e. The lowest BCUT2D eigenvalue weighted by Gasteiger charge is -2.08. The Hall–Kier alpha value is -1.89. The van der Waals surface area contributed by atoms with Gasteiger partial charge in [0.05, 0.1) is 5.69 Å². The van der Waals surface area contributed by atoms with Crippen LogP contribution in [0.5, 0.6) is 0 Å². The Balaban J connectivity index is 2.49. The quantitative estimate of drug-likeness (QED) is 0.876. The summed E-state index contributed by atoms with van der Waals surface area (Å²) in [5.41, 5.74) is 0.908. The largest absolute Gasteiger partial charge is 0.476 e. The first-order chi connectivity index (χ1) is 8.99.